The molecule has 0 aliphatic carbocycles. The van der Waals surface area contributed by atoms with Crippen LogP contribution < -0.4 is 5.32 Å². The third-order valence-electron chi connectivity index (χ3n) is 2.66. The van der Waals surface area contributed by atoms with E-state index in [2.05, 4.69) is 31.0 Å². The lowest BCUT2D eigenvalue weighted by Gasteiger charge is -2.36. The molecule has 0 heterocycles. The van der Waals surface area contributed by atoms with Crippen molar-refractivity contribution in [2.24, 2.45) is 0 Å². The zero-order valence-electron chi connectivity index (χ0n) is 9.89. The summed E-state index contributed by atoms with van der Waals surface area (Å²) in [7, 11) is 3.70. The van der Waals surface area contributed by atoms with E-state index in [0.29, 0.717) is 6.61 Å². The van der Waals surface area contributed by atoms with Gasteiger partial charge in [-0.1, -0.05) is 6.92 Å². The van der Waals surface area contributed by atoms with E-state index in [0.717, 1.165) is 18.1 Å². The van der Waals surface area contributed by atoms with Crippen LogP contribution in [0.4, 0.5) is 0 Å². The van der Waals surface area contributed by atoms with Gasteiger partial charge in [0.2, 0.25) is 0 Å². The van der Waals surface area contributed by atoms with Crippen molar-refractivity contribution in [2.75, 3.05) is 27.3 Å². The maximum absolute atomic E-state index is 5.26. The molecule has 0 saturated carbocycles. The third kappa shape index (κ3) is 4.24. The Hall–Kier alpha value is -0.350. The number of thiocarbonyl (C=S) groups is 1. The number of hydrogen-bond acceptors (Lipinski definition) is 2. The van der Waals surface area contributed by atoms with Crippen molar-refractivity contribution in [1.82, 2.24) is 10.2 Å². The lowest BCUT2D eigenvalue weighted by Crippen LogP contribution is -2.49. The van der Waals surface area contributed by atoms with Gasteiger partial charge in [-0.25, -0.2) is 0 Å². The van der Waals surface area contributed by atoms with Crippen LogP contribution in [0, 0.1) is 0 Å². The first-order chi connectivity index (χ1) is 6.45. The molecule has 0 aromatic rings. The van der Waals surface area contributed by atoms with Gasteiger partial charge in [-0.05, 0) is 32.5 Å². The summed E-state index contributed by atoms with van der Waals surface area (Å²) in [6, 6.07) is 0. The second-order valence-electron chi connectivity index (χ2n) is 3.95. The first kappa shape index (κ1) is 13.7. The lowest BCUT2D eigenvalue weighted by molar-refractivity contribution is 0.199. The van der Waals surface area contributed by atoms with Gasteiger partial charge in [0.1, 0.15) is 0 Å². The lowest BCUT2D eigenvalue weighted by atomic mass is 10.0. The van der Waals surface area contributed by atoms with Gasteiger partial charge in [-0.3, -0.25) is 0 Å². The maximum atomic E-state index is 5.26. The van der Waals surface area contributed by atoms with Crippen LogP contribution in [0.25, 0.3) is 0 Å². The second-order valence-corrected chi connectivity index (χ2v) is 4.34. The Kier molecular flexibility index (Phi) is 6.04. The smallest absolute Gasteiger partial charge is 0.169 e. The van der Waals surface area contributed by atoms with E-state index in [4.69, 9.17) is 17.0 Å². The molecule has 1 N–H and O–H groups in total. The van der Waals surface area contributed by atoms with Gasteiger partial charge in [0.15, 0.2) is 5.11 Å². The highest BCUT2D eigenvalue weighted by molar-refractivity contribution is 7.80. The summed E-state index contributed by atoms with van der Waals surface area (Å²) in [6.07, 6.45) is 1.07. The average Bonchev–Trinajstić information content (AvgIpc) is 2.17. The van der Waals surface area contributed by atoms with E-state index in [9.17, 15) is 0 Å². The molecule has 0 bridgehead atoms. The minimum Gasteiger partial charge on any atom is -0.383 e. The molecule has 0 fully saturated rings. The SMILES string of the molecule is CCC(C)(C)N(C)C(=S)NCCOC. The van der Waals surface area contributed by atoms with Crippen molar-refractivity contribution >= 4 is 17.3 Å². The van der Waals surface area contributed by atoms with Crippen LogP contribution >= 0.6 is 12.2 Å². The summed E-state index contributed by atoms with van der Waals surface area (Å²) < 4.78 is 4.94. The standard InChI is InChI=1S/C10H22N2OS/c1-6-10(2,3)12(4)9(14)11-7-8-13-5/h6-8H2,1-5H3,(H,11,14). The first-order valence-corrected chi connectivity index (χ1v) is 5.37. The molecule has 0 radical (unpaired) electrons. The number of nitrogens with one attached hydrogen (secondary N) is 1. The predicted molar refractivity (Wildman–Crippen MR) is 64.6 cm³/mol. The molecular formula is C10H22N2OS. The van der Waals surface area contributed by atoms with Crippen molar-refractivity contribution < 1.29 is 4.74 Å². The number of hydrogen-bond donors (Lipinski definition) is 1. The van der Waals surface area contributed by atoms with Crippen molar-refractivity contribution in [3.63, 3.8) is 0 Å². The number of methoxy groups -OCH3 is 1. The summed E-state index contributed by atoms with van der Waals surface area (Å²) in [5.74, 6) is 0. The molecule has 0 spiro atoms. The monoisotopic (exact) mass is 218 g/mol. The summed E-state index contributed by atoms with van der Waals surface area (Å²) in [6.45, 7) is 7.96. The highest BCUT2D eigenvalue weighted by Crippen LogP contribution is 2.16. The van der Waals surface area contributed by atoms with Crippen LogP contribution in [-0.2, 0) is 4.74 Å². The Bertz CT molecular complexity index is 183. The van der Waals surface area contributed by atoms with E-state index in [1.807, 2.05) is 7.05 Å². The van der Waals surface area contributed by atoms with E-state index < -0.39 is 0 Å². The topological polar surface area (TPSA) is 24.5 Å². The molecule has 0 aromatic heterocycles. The van der Waals surface area contributed by atoms with E-state index >= 15 is 0 Å². The normalized spacial score (nSPS) is 11.2. The molecule has 0 rings (SSSR count). The van der Waals surface area contributed by atoms with Gasteiger partial charge >= 0.3 is 0 Å². The largest absolute Gasteiger partial charge is 0.383 e. The Morgan fingerprint density at radius 3 is 2.50 bits per heavy atom. The molecule has 0 unspecified atom stereocenters. The molecule has 0 atom stereocenters. The van der Waals surface area contributed by atoms with Crippen molar-refractivity contribution in [3.05, 3.63) is 0 Å². The highest BCUT2D eigenvalue weighted by atomic mass is 32.1. The first-order valence-electron chi connectivity index (χ1n) is 4.96. The molecule has 3 nitrogen and oxygen atoms in total. The van der Waals surface area contributed by atoms with Crippen molar-refractivity contribution in [3.8, 4) is 0 Å². The summed E-state index contributed by atoms with van der Waals surface area (Å²) in [5, 5.41) is 3.94. The second kappa shape index (κ2) is 6.19. The average molecular weight is 218 g/mol. The van der Waals surface area contributed by atoms with E-state index in [1.165, 1.54) is 0 Å². The van der Waals surface area contributed by atoms with E-state index in [1.54, 1.807) is 7.11 Å². The molecule has 0 aliphatic rings. The molecular weight excluding hydrogens is 196 g/mol. The summed E-state index contributed by atoms with van der Waals surface area (Å²) >= 11 is 5.26. The van der Waals surface area contributed by atoms with Gasteiger partial charge in [0.25, 0.3) is 0 Å². The van der Waals surface area contributed by atoms with Crippen molar-refractivity contribution in [2.45, 2.75) is 32.7 Å². The molecule has 0 aliphatic heterocycles. The van der Waals surface area contributed by atoms with Gasteiger partial charge in [-0.15, -0.1) is 0 Å². The van der Waals surface area contributed by atoms with Crippen LogP contribution in [0.5, 0.6) is 0 Å². The molecule has 4 heteroatoms. The van der Waals surface area contributed by atoms with Crippen LogP contribution in [0.1, 0.15) is 27.2 Å². The fourth-order valence-electron chi connectivity index (χ4n) is 0.891. The zero-order valence-corrected chi connectivity index (χ0v) is 10.7. The van der Waals surface area contributed by atoms with Gasteiger partial charge < -0.3 is 15.0 Å². The predicted octanol–water partition coefficient (Wildman–Crippen LogP) is 1.63. The minimum atomic E-state index is 0.108. The third-order valence-corrected chi connectivity index (χ3v) is 3.08. The number of ether oxygens (including phenoxy) is 1. The van der Waals surface area contributed by atoms with Crippen LogP contribution in [0.15, 0.2) is 0 Å². The van der Waals surface area contributed by atoms with Crippen LogP contribution in [0.3, 0.4) is 0 Å². The van der Waals surface area contributed by atoms with Crippen LogP contribution in [0.2, 0.25) is 0 Å². The molecule has 0 saturated heterocycles. The maximum Gasteiger partial charge on any atom is 0.169 e. The fourth-order valence-corrected chi connectivity index (χ4v) is 1.24. The molecule has 14 heavy (non-hydrogen) atoms. The van der Waals surface area contributed by atoms with Crippen molar-refractivity contribution in [1.29, 1.82) is 0 Å². The Balaban J connectivity index is 3.99. The fraction of sp³-hybridized carbons (Fsp3) is 0.900. The van der Waals surface area contributed by atoms with Gasteiger partial charge in [-0.2, -0.15) is 0 Å². The van der Waals surface area contributed by atoms with Gasteiger partial charge in [0, 0.05) is 26.2 Å². The number of rotatable bonds is 5. The Morgan fingerprint density at radius 1 is 1.50 bits per heavy atom. The molecule has 0 amide bonds. The quantitative estimate of drug-likeness (QED) is 0.560. The zero-order chi connectivity index (χ0) is 11.2. The van der Waals surface area contributed by atoms with Gasteiger partial charge in [0.05, 0.1) is 6.61 Å². The Labute approximate surface area is 92.8 Å². The minimum absolute atomic E-state index is 0.108. The molecule has 84 valence electrons. The highest BCUT2D eigenvalue weighted by Gasteiger charge is 2.22. The van der Waals surface area contributed by atoms with E-state index in [-0.39, 0.29) is 5.54 Å². The summed E-state index contributed by atoms with van der Waals surface area (Å²) in [5.41, 5.74) is 0.108. The van der Waals surface area contributed by atoms with Crippen LogP contribution in [-0.4, -0.2) is 42.9 Å². The Morgan fingerprint density at radius 2 is 2.07 bits per heavy atom. The molecule has 0 aromatic carbocycles. The summed E-state index contributed by atoms with van der Waals surface area (Å²) in [4.78, 5) is 2.10. The number of nitrogens with zero attached hydrogens (tertiary/aromatic N) is 1.